The zero-order valence-corrected chi connectivity index (χ0v) is 6.36. The van der Waals surface area contributed by atoms with Crippen molar-refractivity contribution >= 4 is 0 Å². The van der Waals surface area contributed by atoms with E-state index in [0.717, 1.165) is 26.1 Å². The van der Waals surface area contributed by atoms with Crippen LogP contribution in [0.2, 0.25) is 0 Å². The summed E-state index contributed by atoms with van der Waals surface area (Å²) in [6.45, 7) is 1.69. The van der Waals surface area contributed by atoms with Gasteiger partial charge in [0.05, 0.1) is 18.8 Å². The van der Waals surface area contributed by atoms with Gasteiger partial charge in [0, 0.05) is 12.8 Å². The number of hydrogen-bond donors (Lipinski definition) is 0. The summed E-state index contributed by atoms with van der Waals surface area (Å²) in [4.78, 5) is 0. The summed E-state index contributed by atoms with van der Waals surface area (Å²) < 4.78 is 7.19. The average Bonchev–Trinajstić information content (AvgIpc) is 2.58. The van der Waals surface area contributed by atoms with Crippen molar-refractivity contribution in [2.24, 2.45) is 0 Å². The van der Waals surface area contributed by atoms with Crippen LogP contribution in [0.3, 0.4) is 0 Å². The van der Waals surface area contributed by atoms with Crippen LogP contribution in [0.5, 0.6) is 0 Å². The zero-order chi connectivity index (χ0) is 7.52. The van der Waals surface area contributed by atoms with Gasteiger partial charge in [-0.3, -0.25) is 4.68 Å². The lowest BCUT2D eigenvalue weighted by molar-refractivity contribution is 0.0546. The normalized spacial score (nSPS) is 25.3. The van der Waals surface area contributed by atoms with E-state index in [9.17, 15) is 0 Å². The van der Waals surface area contributed by atoms with Gasteiger partial charge in [-0.1, -0.05) is 0 Å². The fraction of sp³-hybridized carbons (Fsp3) is 0.625. The van der Waals surface area contributed by atoms with Crippen LogP contribution in [-0.4, -0.2) is 23.0 Å². The Morgan fingerprint density at radius 2 is 2.64 bits per heavy atom. The fourth-order valence-corrected chi connectivity index (χ4v) is 1.36. The molecule has 1 aliphatic heterocycles. The van der Waals surface area contributed by atoms with Gasteiger partial charge >= 0.3 is 0 Å². The molecule has 3 heteroatoms. The summed E-state index contributed by atoms with van der Waals surface area (Å²) in [6.07, 6.45) is 7.09. The summed E-state index contributed by atoms with van der Waals surface area (Å²) in [6, 6.07) is 2.24. The minimum atomic E-state index is 0.416. The van der Waals surface area contributed by atoms with Gasteiger partial charge in [-0.15, -0.1) is 0 Å². The molecule has 3 nitrogen and oxygen atoms in total. The van der Waals surface area contributed by atoms with E-state index in [1.54, 1.807) is 6.20 Å². The first-order valence-corrected chi connectivity index (χ1v) is 3.96. The van der Waals surface area contributed by atoms with Crippen LogP contribution in [0.15, 0.2) is 12.3 Å². The number of nitrogens with zero attached hydrogens (tertiary/aromatic N) is 2. The molecule has 1 aliphatic rings. The van der Waals surface area contributed by atoms with E-state index in [0.29, 0.717) is 6.04 Å². The van der Waals surface area contributed by atoms with Crippen molar-refractivity contribution in [3.8, 4) is 0 Å². The van der Waals surface area contributed by atoms with Gasteiger partial charge < -0.3 is 4.74 Å². The number of aromatic nitrogens is 2. The van der Waals surface area contributed by atoms with Gasteiger partial charge in [0.15, 0.2) is 0 Å². The van der Waals surface area contributed by atoms with E-state index >= 15 is 0 Å². The molecule has 2 heterocycles. The molecule has 0 spiro atoms. The average molecular weight is 151 g/mol. The first kappa shape index (κ1) is 6.85. The molecule has 59 valence electrons. The van der Waals surface area contributed by atoms with Crippen molar-refractivity contribution in [3.05, 3.63) is 18.5 Å². The van der Waals surface area contributed by atoms with Crippen LogP contribution >= 0.6 is 0 Å². The number of rotatable bonds is 1. The first-order chi connectivity index (χ1) is 5.47. The smallest absolute Gasteiger partial charge is 0.0867 e. The molecule has 1 aromatic rings. The summed E-state index contributed by atoms with van der Waals surface area (Å²) in [5.41, 5.74) is 0. The molecule has 0 saturated carbocycles. The Balaban J connectivity index is 2.04. The largest absolute Gasteiger partial charge is 0.379 e. The number of ether oxygens (including phenoxy) is 1. The Morgan fingerprint density at radius 1 is 1.64 bits per heavy atom. The molecule has 0 N–H and O–H groups in total. The minimum absolute atomic E-state index is 0.416. The Bertz CT molecular complexity index is 202. The highest BCUT2D eigenvalue weighted by molar-refractivity contribution is 4.80. The molecular weight excluding hydrogens is 140 g/mol. The maximum absolute atomic E-state index is 5.33. The third kappa shape index (κ3) is 1.43. The monoisotopic (exact) mass is 151 g/mol. The van der Waals surface area contributed by atoms with Gasteiger partial charge in [-0.25, -0.2) is 0 Å². The molecule has 1 unspecified atom stereocenters. The summed E-state index contributed by atoms with van der Waals surface area (Å²) in [7, 11) is 0. The lowest BCUT2D eigenvalue weighted by atomic mass is 10.1. The molecule has 11 heavy (non-hydrogen) atoms. The predicted molar refractivity (Wildman–Crippen MR) is 40.2 cm³/mol. The Hall–Kier alpha value is -0.830. The van der Waals surface area contributed by atoms with Gasteiger partial charge in [0.1, 0.15) is 0 Å². The summed E-state index contributed by atoms with van der Waals surface area (Å²) in [5, 5.41) is 4.12. The van der Waals surface area contributed by atoms with Crippen LogP contribution in [0.1, 0.15) is 18.9 Å². The molecular formula is C8H11N2O. The predicted octanol–water partition coefficient (Wildman–Crippen LogP) is 1.03. The van der Waals surface area contributed by atoms with Crippen molar-refractivity contribution in [2.45, 2.75) is 18.9 Å². The van der Waals surface area contributed by atoms with Crippen molar-refractivity contribution < 1.29 is 4.74 Å². The second-order valence-corrected chi connectivity index (χ2v) is 2.78. The second-order valence-electron chi connectivity index (χ2n) is 2.78. The standard InChI is InChI=1S/C8H11N2O/c1-3-8(7-11-6-1)10-5-2-4-9-10/h2,4,8H,1,3,6-7H2. The van der Waals surface area contributed by atoms with E-state index in [1.165, 1.54) is 0 Å². The quantitative estimate of drug-likeness (QED) is 0.599. The molecule has 0 aromatic carbocycles. The maximum atomic E-state index is 5.33. The van der Waals surface area contributed by atoms with Gasteiger partial charge in [-0.05, 0) is 18.9 Å². The summed E-state index contributed by atoms with van der Waals surface area (Å²) in [5.74, 6) is 0. The molecule has 1 radical (unpaired) electrons. The molecule has 1 atom stereocenters. The molecule has 0 aliphatic carbocycles. The lowest BCUT2D eigenvalue weighted by Gasteiger charge is -2.21. The van der Waals surface area contributed by atoms with E-state index in [-0.39, 0.29) is 0 Å². The third-order valence-electron chi connectivity index (χ3n) is 1.95. The van der Waals surface area contributed by atoms with Gasteiger partial charge in [-0.2, -0.15) is 5.10 Å². The summed E-state index contributed by atoms with van der Waals surface area (Å²) >= 11 is 0. The molecule has 2 rings (SSSR count). The highest BCUT2D eigenvalue weighted by atomic mass is 16.5. The van der Waals surface area contributed by atoms with Gasteiger partial charge in [0.2, 0.25) is 0 Å². The van der Waals surface area contributed by atoms with Crippen molar-refractivity contribution in [1.29, 1.82) is 0 Å². The van der Waals surface area contributed by atoms with E-state index in [1.807, 2.05) is 10.7 Å². The number of hydrogen-bond acceptors (Lipinski definition) is 2. The third-order valence-corrected chi connectivity index (χ3v) is 1.95. The molecule has 0 bridgehead atoms. The van der Waals surface area contributed by atoms with Crippen molar-refractivity contribution in [2.75, 3.05) is 13.2 Å². The van der Waals surface area contributed by atoms with E-state index in [2.05, 4.69) is 11.3 Å². The highest BCUT2D eigenvalue weighted by Crippen LogP contribution is 2.17. The Labute approximate surface area is 66.0 Å². The molecule has 1 saturated heterocycles. The Morgan fingerprint density at radius 3 is 3.27 bits per heavy atom. The van der Waals surface area contributed by atoms with Crippen LogP contribution in [0, 0.1) is 6.20 Å². The van der Waals surface area contributed by atoms with Crippen molar-refractivity contribution in [1.82, 2.24) is 9.78 Å². The lowest BCUT2D eigenvalue weighted by Crippen LogP contribution is -2.21. The van der Waals surface area contributed by atoms with Crippen LogP contribution in [0.25, 0.3) is 0 Å². The van der Waals surface area contributed by atoms with E-state index in [4.69, 9.17) is 4.74 Å². The van der Waals surface area contributed by atoms with E-state index < -0.39 is 0 Å². The second kappa shape index (κ2) is 3.05. The van der Waals surface area contributed by atoms with Crippen molar-refractivity contribution in [3.63, 3.8) is 0 Å². The molecule has 1 aromatic heterocycles. The maximum Gasteiger partial charge on any atom is 0.0867 e. The van der Waals surface area contributed by atoms with Crippen LogP contribution in [0.4, 0.5) is 0 Å². The first-order valence-electron chi connectivity index (χ1n) is 3.96. The van der Waals surface area contributed by atoms with Gasteiger partial charge in [0.25, 0.3) is 0 Å². The topological polar surface area (TPSA) is 27.1 Å². The highest BCUT2D eigenvalue weighted by Gasteiger charge is 2.15. The Kier molecular flexibility index (Phi) is 1.90. The zero-order valence-electron chi connectivity index (χ0n) is 6.36. The van der Waals surface area contributed by atoms with Crippen LogP contribution in [-0.2, 0) is 4.74 Å². The van der Waals surface area contributed by atoms with Crippen LogP contribution < -0.4 is 0 Å². The molecule has 1 fully saturated rings. The fourth-order valence-electron chi connectivity index (χ4n) is 1.36. The minimum Gasteiger partial charge on any atom is -0.379 e. The SMILES string of the molecule is [c]1ccnn1C1CCCOC1. The molecule has 0 amide bonds.